The summed E-state index contributed by atoms with van der Waals surface area (Å²) in [5.74, 6) is 0. The van der Waals surface area contributed by atoms with Crippen LogP contribution in [0.4, 0.5) is 14.5 Å². The molecule has 5 heteroatoms. The summed E-state index contributed by atoms with van der Waals surface area (Å²) < 4.78 is 25.4. The normalized spacial score (nSPS) is 23.1. The number of aliphatic hydroxyl groups excluding tert-OH is 1. The fourth-order valence-electron chi connectivity index (χ4n) is 2.17. The van der Waals surface area contributed by atoms with Crippen LogP contribution >= 0.6 is 0 Å². The minimum absolute atomic E-state index is 0.409. The maximum Gasteiger partial charge on any atom is 0.119 e. The molecule has 3 atom stereocenters. The fraction of sp³-hybridized carbons (Fsp3) is 0.538. The largest absolute Gasteiger partial charge is 0.387 e. The number of nitrogens with zero attached hydrogens (tertiary/aromatic N) is 1. The number of hydrogen-bond donors (Lipinski definition) is 2. The summed E-state index contributed by atoms with van der Waals surface area (Å²) in [6, 6.07) is 6.13. The predicted octanol–water partition coefficient (Wildman–Crippen LogP) is 1.57. The number of anilines is 1. The summed E-state index contributed by atoms with van der Waals surface area (Å²) in [5.41, 5.74) is 6.94. The van der Waals surface area contributed by atoms with Crippen LogP contribution < -0.4 is 10.6 Å². The first-order valence-corrected chi connectivity index (χ1v) is 6.10. The average molecular weight is 256 g/mol. The number of alkyl halides is 2. The van der Waals surface area contributed by atoms with Gasteiger partial charge in [0.2, 0.25) is 0 Å². The zero-order chi connectivity index (χ0) is 13.1. The highest BCUT2D eigenvalue weighted by molar-refractivity contribution is 5.49. The summed E-state index contributed by atoms with van der Waals surface area (Å²) in [7, 11) is 0. The van der Waals surface area contributed by atoms with E-state index in [4.69, 9.17) is 5.73 Å². The molecule has 1 fully saturated rings. The van der Waals surface area contributed by atoms with Crippen LogP contribution in [0.2, 0.25) is 0 Å². The van der Waals surface area contributed by atoms with Crippen molar-refractivity contribution in [2.75, 3.05) is 24.7 Å². The second-order valence-electron chi connectivity index (χ2n) is 4.69. The maximum absolute atomic E-state index is 13.1. The van der Waals surface area contributed by atoms with Gasteiger partial charge in [0, 0.05) is 18.8 Å². The first-order valence-electron chi connectivity index (χ1n) is 6.10. The number of aliphatic hydroxyl groups is 1. The van der Waals surface area contributed by atoms with Crippen LogP contribution in [-0.4, -0.2) is 37.1 Å². The quantitative estimate of drug-likeness (QED) is 0.859. The Hall–Kier alpha value is -1.20. The van der Waals surface area contributed by atoms with Gasteiger partial charge in [-0.15, -0.1) is 0 Å². The van der Waals surface area contributed by atoms with Gasteiger partial charge in [-0.3, -0.25) is 0 Å². The van der Waals surface area contributed by atoms with Gasteiger partial charge in [-0.2, -0.15) is 0 Å². The van der Waals surface area contributed by atoms with Crippen molar-refractivity contribution in [3.8, 4) is 0 Å². The first-order chi connectivity index (χ1) is 8.61. The first kappa shape index (κ1) is 13.2. The smallest absolute Gasteiger partial charge is 0.119 e. The molecule has 2 rings (SSSR count). The van der Waals surface area contributed by atoms with Crippen LogP contribution in [0.15, 0.2) is 24.3 Å². The van der Waals surface area contributed by atoms with Gasteiger partial charge in [-0.05, 0) is 24.1 Å². The molecule has 1 aromatic carbocycles. The van der Waals surface area contributed by atoms with Crippen LogP contribution in [0.1, 0.15) is 18.1 Å². The lowest BCUT2D eigenvalue weighted by Gasteiger charge is -2.20. The maximum atomic E-state index is 13.1. The monoisotopic (exact) mass is 256 g/mol. The van der Waals surface area contributed by atoms with E-state index in [1.807, 2.05) is 17.0 Å². The standard InChI is InChI=1S/C13H18F2N2O/c14-7-12(16)13(18)9-1-3-11(4-2-9)17-6-5-10(15)8-17/h1-4,10,12-13,18H,5-8,16H2/t10-,12+,13+/m0/s1. The minimum atomic E-state index is -1.00. The number of hydrogen-bond acceptors (Lipinski definition) is 3. The molecule has 1 aliphatic rings. The van der Waals surface area contributed by atoms with Gasteiger partial charge in [-0.25, -0.2) is 8.78 Å². The summed E-state index contributed by atoms with van der Waals surface area (Å²) in [5, 5.41) is 9.75. The molecule has 1 aromatic rings. The van der Waals surface area contributed by atoms with E-state index in [1.165, 1.54) is 0 Å². The minimum Gasteiger partial charge on any atom is -0.387 e. The zero-order valence-electron chi connectivity index (χ0n) is 10.1. The van der Waals surface area contributed by atoms with Crippen LogP contribution in [-0.2, 0) is 0 Å². The Balaban J connectivity index is 2.05. The molecule has 1 heterocycles. The van der Waals surface area contributed by atoms with E-state index in [1.54, 1.807) is 12.1 Å². The van der Waals surface area contributed by atoms with Gasteiger partial charge in [0.1, 0.15) is 12.8 Å². The Kier molecular flexibility index (Phi) is 4.14. The van der Waals surface area contributed by atoms with Gasteiger partial charge < -0.3 is 15.7 Å². The third kappa shape index (κ3) is 2.79. The lowest BCUT2D eigenvalue weighted by Crippen LogP contribution is -2.30. The highest BCUT2D eigenvalue weighted by atomic mass is 19.1. The molecule has 1 aliphatic heterocycles. The Labute approximate surface area is 105 Å². The van der Waals surface area contributed by atoms with Crippen molar-refractivity contribution in [2.24, 2.45) is 5.73 Å². The lowest BCUT2D eigenvalue weighted by molar-refractivity contribution is 0.132. The van der Waals surface area contributed by atoms with Gasteiger partial charge in [0.15, 0.2) is 0 Å². The molecule has 100 valence electrons. The van der Waals surface area contributed by atoms with E-state index < -0.39 is 25.0 Å². The summed E-state index contributed by atoms with van der Waals surface area (Å²) in [6.07, 6.45) is -1.22. The highest BCUT2D eigenvalue weighted by Gasteiger charge is 2.22. The zero-order valence-corrected chi connectivity index (χ0v) is 10.1. The van der Waals surface area contributed by atoms with E-state index in [0.717, 1.165) is 5.69 Å². The van der Waals surface area contributed by atoms with Crippen molar-refractivity contribution >= 4 is 5.69 Å². The average Bonchev–Trinajstić information content (AvgIpc) is 2.84. The third-order valence-electron chi connectivity index (χ3n) is 3.31. The Morgan fingerprint density at radius 1 is 1.39 bits per heavy atom. The van der Waals surface area contributed by atoms with Gasteiger partial charge in [0.25, 0.3) is 0 Å². The van der Waals surface area contributed by atoms with Crippen LogP contribution in [0.3, 0.4) is 0 Å². The molecular formula is C13H18F2N2O. The molecule has 3 nitrogen and oxygen atoms in total. The van der Waals surface area contributed by atoms with Crippen LogP contribution in [0.25, 0.3) is 0 Å². The summed E-state index contributed by atoms with van der Waals surface area (Å²) in [6.45, 7) is 0.345. The second kappa shape index (κ2) is 5.63. The molecular weight excluding hydrogens is 238 g/mol. The van der Waals surface area contributed by atoms with E-state index in [2.05, 4.69) is 0 Å². The topological polar surface area (TPSA) is 49.5 Å². The van der Waals surface area contributed by atoms with Crippen molar-refractivity contribution in [1.29, 1.82) is 0 Å². The summed E-state index contributed by atoms with van der Waals surface area (Å²) >= 11 is 0. The van der Waals surface area contributed by atoms with Gasteiger partial charge in [-0.1, -0.05) is 12.1 Å². The molecule has 0 aliphatic carbocycles. The highest BCUT2D eigenvalue weighted by Crippen LogP contribution is 2.24. The molecule has 0 bridgehead atoms. The Morgan fingerprint density at radius 3 is 2.56 bits per heavy atom. The summed E-state index contributed by atoms with van der Waals surface area (Å²) in [4.78, 5) is 1.95. The lowest BCUT2D eigenvalue weighted by atomic mass is 10.0. The van der Waals surface area contributed by atoms with Crippen molar-refractivity contribution in [3.63, 3.8) is 0 Å². The second-order valence-corrected chi connectivity index (χ2v) is 4.69. The van der Waals surface area contributed by atoms with E-state index >= 15 is 0 Å². The molecule has 3 N–H and O–H groups in total. The van der Waals surface area contributed by atoms with Crippen LogP contribution in [0.5, 0.6) is 0 Å². The van der Waals surface area contributed by atoms with E-state index in [0.29, 0.717) is 25.1 Å². The third-order valence-corrected chi connectivity index (χ3v) is 3.31. The molecule has 0 amide bonds. The van der Waals surface area contributed by atoms with Crippen molar-refractivity contribution < 1.29 is 13.9 Å². The molecule has 1 saturated heterocycles. The number of nitrogens with two attached hydrogens (primary N) is 1. The van der Waals surface area contributed by atoms with Crippen molar-refractivity contribution in [1.82, 2.24) is 0 Å². The van der Waals surface area contributed by atoms with Gasteiger partial charge in [0.05, 0.1) is 12.1 Å². The molecule has 0 unspecified atom stereocenters. The van der Waals surface area contributed by atoms with E-state index in [-0.39, 0.29) is 0 Å². The number of halogens is 2. The molecule has 18 heavy (non-hydrogen) atoms. The van der Waals surface area contributed by atoms with Crippen molar-refractivity contribution in [3.05, 3.63) is 29.8 Å². The number of benzene rings is 1. The SMILES string of the molecule is N[C@H](CF)[C@H](O)c1ccc(N2CC[C@H](F)C2)cc1. The molecule has 0 spiro atoms. The molecule has 0 saturated carbocycles. The van der Waals surface area contributed by atoms with E-state index in [9.17, 15) is 13.9 Å². The Bertz CT molecular complexity index is 364. The fourth-order valence-corrected chi connectivity index (χ4v) is 2.17. The predicted molar refractivity (Wildman–Crippen MR) is 67.1 cm³/mol. The van der Waals surface area contributed by atoms with Gasteiger partial charge >= 0.3 is 0 Å². The Morgan fingerprint density at radius 2 is 2.06 bits per heavy atom. The number of rotatable bonds is 4. The molecule has 0 aromatic heterocycles. The van der Waals surface area contributed by atoms with Crippen LogP contribution in [0, 0.1) is 0 Å². The van der Waals surface area contributed by atoms with Crippen molar-refractivity contribution in [2.45, 2.75) is 24.7 Å². The molecule has 0 radical (unpaired) electrons.